The SMILES string of the molecule is Cc1csc(NN=Cc2cccc(OCC(N)=O)c2)n1. The summed E-state index contributed by atoms with van der Waals surface area (Å²) in [5, 5.41) is 6.76. The Morgan fingerprint density at radius 1 is 1.60 bits per heavy atom. The predicted molar refractivity (Wildman–Crippen MR) is 79.2 cm³/mol. The fraction of sp³-hybridized carbons (Fsp3) is 0.154. The number of nitrogens with zero attached hydrogens (tertiary/aromatic N) is 2. The number of nitrogens with two attached hydrogens (primary N) is 1. The molecule has 0 atom stereocenters. The normalized spacial score (nSPS) is 10.7. The number of hydrogen-bond donors (Lipinski definition) is 2. The number of benzene rings is 1. The van der Waals surface area contributed by atoms with Crippen LogP contribution in [0.3, 0.4) is 0 Å². The molecule has 7 heteroatoms. The highest BCUT2D eigenvalue weighted by atomic mass is 32.1. The van der Waals surface area contributed by atoms with Crippen LogP contribution in [0.25, 0.3) is 0 Å². The maximum Gasteiger partial charge on any atom is 0.255 e. The quantitative estimate of drug-likeness (QED) is 0.626. The van der Waals surface area contributed by atoms with Crippen LogP contribution in [0.2, 0.25) is 0 Å². The average molecular weight is 290 g/mol. The first-order valence-corrected chi connectivity index (χ1v) is 6.74. The molecule has 0 bridgehead atoms. The molecule has 2 aromatic rings. The molecule has 20 heavy (non-hydrogen) atoms. The molecule has 0 unspecified atom stereocenters. The minimum absolute atomic E-state index is 0.142. The van der Waals surface area contributed by atoms with Crippen LogP contribution in [-0.2, 0) is 4.79 Å². The van der Waals surface area contributed by atoms with Crippen molar-refractivity contribution in [2.75, 3.05) is 12.0 Å². The lowest BCUT2D eigenvalue weighted by Crippen LogP contribution is -2.20. The second-order valence-electron chi connectivity index (χ2n) is 3.99. The van der Waals surface area contributed by atoms with Crippen molar-refractivity contribution in [2.24, 2.45) is 10.8 Å². The number of amides is 1. The summed E-state index contributed by atoms with van der Waals surface area (Å²) >= 11 is 1.49. The van der Waals surface area contributed by atoms with Crippen molar-refractivity contribution in [3.05, 3.63) is 40.9 Å². The van der Waals surface area contributed by atoms with E-state index in [-0.39, 0.29) is 6.61 Å². The summed E-state index contributed by atoms with van der Waals surface area (Å²) in [7, 11) is 0. The Kier molecular flexibility index (Phi) is 4.67. The highest BCUT2D eigenvalue weighted by molar-refractivity contribution is 7.13. The highest BCUT2D eigenvalue weighted by Crippen LogP contribution is 2.14. The molecule has 0 aliphatic heterocycles. The van der Waals surface area contributed by atoms with Crippen molar-refractivity contribution in [1.82, 2.24) is 4.98 Å². The largest absolute Gasteiger partial charge is 0.484 e. The summed E-state index contributed by atoms with van der Waals surface area (Å²) in [6.45, 7) is 1.78. The van der Waals surface area contributed by atoms with Crippen molar-refractivity contribution in [1.29, 1.82) is 0 Å². The van der Waals surface area contributed by atoms with Crippen LogP contribution >= 0.6 is 11.3 Å². The Hall–Kier alpha value is -2.41. The molecule has 0 aliphatic carbocycles. The summed E-state index contributed by atoms with van der Waals surface area (Å²) in [6.07, 6.45) is 1.65. The molecule has 0 fully saturated rings. The molecule has 6 nitrogen and oxygen atoms in total. The molecule has 1 heterocycles. The lowest BCUT2D eigenvalue weighted by Gasteiger charge is -2.03. The van der Waals surface area contributed by atoms with Crippen LogP contribution in [0.5, 0.6) is 5.75 Å². The molecule has 2 rings (SSSR count). The van der Waals surface area contributed by atoms with Gasteiger partial charge in [0.25, 0.3) is 5.91 Å². The first kappa shape index (κ1) is 14.0. The van der Waals surface area contributed by atoms with E-state index in [1.807, 2.05) is 24.4 Å². The van der Waals surface area contributed by atoms with Gasteiger partial charge in [-0.2, -0.15) is 5.10 Å². The van der Waals surface area contributed by atoms with Crippen molar-refractivity contribution in [3.63, 3.8) is 0 Å². The number of aromatic nitrogens is 1. The summed E-state index contributed by atoms with van der Waals surface area (Å²) in [5.41, 5.74) is 9.66. The van der Waals surface area contributed by atoms with Gasteiger partial charge in [0.2, 0.25) is 5.13 Å². The van der Waals surface area contributed by atoms with Gasteiger partial charge in [-0.05, 0) is 24.6 Å². The molecule has 1 amide bonds. The van der Waals surface area contributed by atoms with Crippen molar-refractivity contribution in [2.45, 2.75) is 6.92 Å². The first-order valence-electron chi connectivity index (χ1n) is 5.86. The summed E-state index contributed by atoms with van der Waals surface area (Å²) in [4.78, 5) is 14.9. The number of rotatable bonds is 6. The van der Waals surface area contributed by atoms with Crippen LogP contribution in [0.4, 0.5) is 5.13 Å². The van der Waals surface area contributed by atoms with E-state index in [0.717, 1.165) is 16.4 Å². The topological polar surface area (TPSA) is 89.6 Å². The zero-order chi connectivity index (χ0) is 14.4. The number of anilines is 1. The fourth-order valence-electron chi connectivity index (χ4n) is 1.41. The van der Waals surface area contributed by atoms with Gasteiger partial charge in [-0.15, -0.1) is 11.3 Å². The molecule has 104 valence electrons. The number of carbonyl (C=O) groups is 1. The summed E-state index contributed by atoms with van der Waals surface area (Å²) in [6, 6.07) is 7.19. The van der Waals surface area contributed by atoms with Gasteiger partial charge in [-0.3, -0.25) is 10.2 Å². The van der Waals surface area contributed by atoms with Gasteiger partial charge in [0.1, 0.15) is 5.75 Å². The Labute approximate surface area is 120 Å². The third kappa shape index (κ3) is 4.36. The average Bonchev–Trinajstić information content (AvgIpc) is 2.83. The van der Waals surface area contributed by atoms with Gasteiger partial charge >= 0.3 is 0 Å². The monoisotopic (exact) mass is 290 g/mol. The van der Waals surface area contributed by atoms with Gasteiger partial charge in [0.05, 0.1) is 11.9 Å². The summed E-state index contributed by atoms with van der Waals surface area (Å²) < 4.78 is 5.21. The summed E-state index contributed by atoms with van der Waals surface area (Å²) in [5.74, 6) is 0.0581. The smallest absolute Gasteiger partial charge is 0.255 e. The number of carbonyl (C=O) groups excluding carboxylic acids is 1. The predicted octanol–water partition coefficient (Wildman–Crippen LogP) is 1.76. The van der Waals surface area contributed by atoms with E-state index < -0.39 is 5.91 Å². The Morgan fingerprint density at radius 3 is 3.15 bits per heavy atom. The van der Waals surface area contributed by atoms with Crippen LogP contribution in [-0.4, -0.2) is 23.7 Å². The molecule has 3 N–H and O–H groups in total. The first-order chi connectivity index (χ1) is 9.63. The number of hydrogen-bond acceptors (Lipinski definition) is 6. The minimum Gasteiger partial charge on any atom is -0.484 e. The van der Waals surface area contributed by atoms with E-state index in [2.05, 4.69) is 15.5 Å². The van der Waals surface area contributed by atoms with E-state index in [0.29, 0.717) is 5.75 Å². The second-order valence-corrected chi connectivity index (χ2v) is 4.85. The van der Waals surface area contributed by atoms with Gasteiger partial charge in [-0.1, -0.05) is 12.1 Å². The Morgan fingerprint density at radius 2 is 2.45 bits per heavy atom. The standard InChI is InChI=1S/C13H14N4O2S/c1-9-8-20-13(16-9)17-15-6-10-3-2-4-11(5-10)19-7-12(14)18/h2-6,8H,7H2,1H3,(H2,14,18)(H,16,17). The van der Waals surface area contributed by atoms with Crippen molar-refractivity contribution in [3.8, 4) is 5.75 Å². The zero-order valence-corrected chi connectivity index (χ0v) is 11.7. The van der Waals surface area contributed by atoms with E-state index in [9.17, 15) is 4.79 Å². The molecule has 0 radical (unpaired) electrons. The van der Waals surface area contributed by atoms with Gasteiger partial charge in [0.15, 0.2) is 6.61 Å². The van der Waals surface area contributed by atoms with E-state index in [1.165, 1.54) is 11.3 Å². The Bertz CT molecular complexity index is 624. The van der Waals surface area contributed by atoms with Crippen LogP contribution in [0.1, 0.15) is 11.3 Å². The van der Waals surface area contributed by atoms with Crippen molar-refractivity contribution >= 4 is 28.6 Å². The van der Waals surface area contributed by atoms with Crippen LogP contribution in [0, 0.1) is 6.92 Å². The maximum atomic E-state index is 10.6. The van der Waals surface area contributed by atoms with E-state index in [4.69, 9.17) is 10.5 Å². The number of primary amides is 1. The fourth-order valence-corrected chi connectivity index (χ4v) is 2.04. The lowest BCUT2D eigenvalue weighted by molar-refractivity contribution is -0.119. The number of nitrogens with one attached hydrogen (secondary N) is 1. The van der Waals surface area contributed by atoms with Gasteiger partial charge in [-0.25, -0.2) is 4.98 Å². The maximum absolute atomic E-state index is 10.6. The third-order valence-electron chi connectivity index (χ3n) is 2.23. The van der Waals surface area contributed by atoms with Gasteiger partial charge < -0.3 is 10.5 Å². The van der Waals surface area contributed by atoms with E-state index >= 15 is 0 Å². The molecule has 0 saturated carbocycles. The third-order valence-corrected chi connectivity index (χ3v) is 3.10. The molecule has 0 saturated heterocycles. The van der Waals surface area contributed by atoms with Gasteiger partial charge in [0, 0.05) is 5.38 Å². The number of ether oxygens (including phenoxy) is 1. The van der Waals surface area contributed by atoms with Crippen LogP contribution < -0.4 is 15.9 Å². The molecule has 0 aliphatic rings. The zero-order valence-electron chi connectivity index (χ0n) is 10.9. The molecule has 1 aromatic carbocycles. The minimum atomic E-state index is -0.509. The molecular formula is C13H14N4O2S. The number of hydrazone groups is 1. The molecule has 0 spiro atoms. The molecule has 1 aromatic heterocycles. The lowest BCUT2D eigenvalue weighted by atomic mass is 10.2. The second kappa shape index (κ2) is 6.67. The van der Waals surface area contributed by atoms with Crippen LogP contribution in [0.15, 0.2) is 34.7 Å². The molecular weight excluding hydrogens is 276 g/mol. The number of aryl methyl sites for hydroxylation is 1. The Balaban J connectivity index is 1.95. The van der Waals surface area contributed by atoms with Crippen molar-refractivity contribution < 1.29 is 9.53 Å². The van der Waals surface area contributed by atoms with E-state index in [1.54, 1.807) is 18.3 Å². The highest BCUT2D eigenvalue weighted by Gasteiger charge is 1.98. The number of thiazole rings is 1.